The molecule has 0 N–H and O–H groups in total. The van der Waals surface area contributed by atoms with Gasteiger partial charge in [-0.3, -0.25) is 24.6 Å². The van der Waals surface area contributed by atoms with E-state index in [0.717, 1.165) is 28.1 Å². The first-order valence-corrected chi connectivity index (χ1v) is 13.1. The third-order valence-electron chi connectivity index (χ3n) is 6.11. The quantitative estimate of drug-likeness (QED) is 0.128. The molecule has 196 valence electrons. The van der Waals surface area contributed by atoms with Crippen molar-refractivity contribution >= 4 is 45.4 Å². The Morgan fingerprint density at radius 3 is 2.49 bits per heavy atom. The molecule has 0 atom stereocenters. The summed E-state index contributed by atoms with van der Waals surface area (Å²) in [5.74, 6) is 0.583. The largest absolute Gasteiger partial charge is 0.490 e. The van der Waals surface area contributed by atoms with Gasteiger partial charge in [-0.1, -0.05) is 54.6 Å². The summed E-state index contributed by atoms with van der Waals surface area (Å²) in [6, 6.07) is 25.3. The van der Waals surface area contributed by atoms with Gasteiger partial charge < -0.3 is 9.47 Å². The molecule has 0 radical (unpaired) electrons. The minimum absolute atomic E-state index is 0.00829. The Kier molecular flexibility index (Phi) is 7.60. The predicted octanol–water partition coefficient (Wildman–Crippen LogP) is 6.96. The zero-order valence-electron chi connectivity index (χ0n) is 21.0. The summed E-state index contributed by atoms with van der Waals surface area (Å²) in [7, 11) is 0. The molecule has 0 bridgehead atoms. The fourth-order valence-corrected chi connectivity index (χ4v) is 5.07. The zero-order chi connectivity index (χ0) is 27.4. The van der Waals surface area contributed by atoms with Crippen LogP contribution in [0, 0.1) is 10.1 Å². The Morgan fingerprint density at radius 2 is 1.69 bits per heavy atom. The summed E-state index contributed by atoms with van der Waals surface area (Å²) in [6.07, 6.45) is 1.66. The Balaban J connectivity index is 1.31. The highest BCUT2D eigenvalue weighted by Gasteiger charge is 2.35. The summed E-state index contributed by atoms with van der Waals surface area (Å²) in [6.45, 7) is 2.55. The number of ether oxygens (including phenoxy) is 2. The summed E-state index contributed by atoms with van der Waals surface area (Å²) in [5.41, 5.74) is 2.19. The molecule has 2 amide bonds. The van der Waals surface area contributed by atoms with E-state index in [0.29, 0.717) is 34.1 Å². The Labute approximate surface area is 229 Å². The number of benzene rings is 4. The van der Waals surface area contributed by atoms with Gasteiger partial charge in [-0.05, 0) is 70.4 Å². The van der Waals surface area contributed by atoms with Crippen LogP contribution in [0.1, 0.15) is 23.6 Å². The van der Waals surface area contributed by atoms with Crippen LogP contribution < -0.4 is 9.47 Å². The fraction of sp³-hybridized carbons (Fsp3) is 0.133. The van der Waals surface area contributed by atoms with Crippen LogP contribution in [0.15, 0.2) is 89.8 Å². The van der Waals surface area contributed by atoms with Gasteiger partial charge in [-0.15, -0.1) is 0 Å². The average molecular weight is 541 g/mol. The third-order valence-corrected chi connectivity index (χ3v) is 7.02. The van der Waals surface area contributed by atoms with Gasteiger partial charge in [0.25, 0.3) is 16.8 Å². The first-order valence-electron chi connectivity index (χ1n) is 12.3. The highest BCUT2D eigenvalue weighted by molar-refractivity contribution is 8.18. The van der Waals surface area contributed by atoms with Crippen molar-refractivity contribution in [2.24, 2.45) is 0 Å². The zero-order valence-corrected chi connectivity index (χ0v) is 21.9. The second-order valence-corrected chi connectivity index (χ2v) is 9.80. The molecule has 5 rings (SSSR count). The molecule has 1 aliphatic rings. The lowest BCUT2D eigenvalue weighted by molar-refractivity contribution is -0.384. The number of fused-ring (bicyclic) bond motifs is 1. The van der Waals surface area contributed by atoms with Crippen LogP contribution in [0.3, 0.4) is 0 Å². The number of non-ortho nitro benzene ring substituents is 1. The van der Waals surface area contributed by atoms with Crippen LogP contribution in [0.25, 0.3) is 16.8 Å². The second-order valence-electron chi connectivity index (χ2n) is 8.80. The molecular formula is C30H24N2O6S. The minimum Gasteiger partial charge on any atom is -0.490 e. The smallest absolute Gasteiger partial charge is 0.293 e. The lowest BCUT2D eigenvalue weighted by Gasteiger charge is -2.13. The number of nitro groups is 1. The maximum absolute atomic E-state index is 13.1. The lowest BCUT2D eigenvalue weighted by atomic mass is 10.1. The Hall–Kier alpha value is -4.63. The van der Waals surface area contributed by atoms with Gasteiger partial charge in [0, 0.05) is 12.1 Å². The number of nitro benzene ring substituents is 1. The Morgan fingerprint density at radius 1 is 0.872 bits per heavy atom. The van der Waals surface area contributed by atoms with Gasteiger partial charge in [0.1, 0.15) is 6.61 Å². The molecule has 39 heavy (non-hydrogen) atoms. The number of thioether (sulfide) groups is 1. The van der Waals surface area contributed by atoms with Crippen LogP contribution >= 0.6 is 11.8 Å². The van der Waals surface area contributed by atoms with Crippen molar-refractivity contribution in [3.63, 3.8) is 0 Å². The van der Waals surface area contributed by atoms with E-state index in [1.165, 1.54) is 17.0 Å². The molecule has 0 aromatic heterocycles. The molecule has 1 saturated heterocycles. The molecule has 1 heterocycles. The molecule has 0 unspecified atom stereocenters. The molecule has 4 aromatic rings. The van der Waals surface area contributed by atoms with Crippen LogP contribution in [0.2, 0.25) is 0 Å². The standard InChI is InChI=1S/C30H24N2O6S/c1-2-37-27-16-20(11-13-26(27)38-19-22-6-5-9-25(15-22)32(35)36)17-28-29(33)31(30(34)39-28)18-21-10-12-23-7-3-4-8-24(23)14-21/h3-17H,2,18-19H2,1H3/b28-17-. The predicted molar refractivity (Wildman–Crippen MR) is 151 cm³/mol. The molecular weight excluding hydrogens is 516 g/mol. The van der Waals surface area contributed by atoms with Crippen LogP contribution in [-0.4, -0.2) is 27.6 Å². The van der Waals surface area contributed by atoms with E-state index < -0.39 is 4.92 Å². The summed E-state index contributed by atoms with van der Waals surface area (Å²) in [4.78, 5) is 38.0. The summed E-state index contributed by atoms with van der Waals surface area (Å²) < 4.78 is 11.6. The van der Waals surface area contributed by atoms with Crippen molar-refractivity contribution in [3.8, 4) is 11.5 Å². The van der Waals surface area contributed by atoms with Gasteiger partial charge in [-0.2, -0.15) is 0 Å². The number of carbonyl (C=O) groups excluding carboxylic acids is 2. The number of imide groups is 1. The van der Waals surface area contributed by atoms with E-state index in [4.69, 9.17) is 9.47 Å². The van der Waals surface area contributed by atoms with Crippen molar-refractivity contribution in [2.45, 2.75) is 20.1 Å². The second kappa shape index (κ2) is 11.4. The number of amides is 2. The van der Waals surface area contributed by atoms with E-state index in [1.54, 1.807) is 36.4 Å². The van der Waals surface area contributed by atoms with Gasteiger partial charge in [0.15, 0.2) is 11.5 Å². The maximum atomic E-state index is 13.1. The average Bonchev–Trinajstić information content (AvgIpc) is 3.20. The molecule has 9 heteroatoms. The van der Waals surface area contributed by atoms with Crippen molar-refractivity contribution < 1.29 is 24.0 Å². The molecule has 4 aromatic carbocycles. The molecule has 1 fully saturated rings. The lowest BCUT2D eigenvalue weighted by Crippen LogP contribution is -2.27. The van der Waals surface area contributed by atoms with Crippen molar-refractivity contribution in [3.05, 3.63) is 117 Å². The normalized spacial score (nSPS) is 14.3. The van der Waals surface area contributed by atoms with Crippen molar-refractivity contribution in [1.29, 1.82) is 0 Å². The van der Waals surface area contributed by atoms with E-state index in [9.17, 15) is 19.7 Å². The first-order chi connectivity index (χ1) is 18.9. The number of rotatable bonds is 9. The SMILES string of the molecule is CCOc1cc(/C=C2\SC(=O)N(Cc3ccc4ccccc4c3)C2=O)ccc1OCc1cccc([N+](=O)[O-])c1. The Bertz CT molecular complexity index is 1620. The minimum atomic E-state index is -0.451. The van der Waals surface area contributed by atoms with Gasteiger partial charge in [0.05, 0.1) is 23.0 Å². The van der Waals surface area contributed by atoms with Gasteiger partial charge >= 0.3 is 0 Å². The number of hydrogen-bond donors (Lipinski definition) is 0. The summed E-state index contributed by atoms with van der Waals surface area (Å²) in [5, 5.41) is 12.9. The molecule has 0 spiro atoms. The fourth-order valence-electron chi connectivity index (χ4n) is 4.23. The molecule has 8 nitrogen and oxygen atoms in total. The number of carbonyl (C=O) groups is 2. The van der Waals surface area contributed by atoms with E-state index in [1.807, 2.05) is 49.4 Å². The highest BCUT2D eigenvalue weighted by atomic mass is 32.2. The maximum Gasteiger partial charge on any atom is 0.293 e. The first kappa shape index (κ1) is 26.0. The highest BCUT2D eigenvalue weighted by Crippen LogP contribution is 2.36. The van der Waals surface area contributed by atoms with Gasteiger partial charge in [-0.25, -0.2) is 0 Å². The molecule has 1 aliphatic heterocycles. The van der Waals surface area contributed by atoms with Crippen LogP contribution in [0.4, 0.5) is 10.5 Å². The van der Waals surface area contributed by atoms with E-state index >= 15 is 0 Å². The molecule has 0 aliphatic carbocycles. The van der Waals surface area contributed by atoms with Crippen molar-refractivity contribution in [1.82, 2.24) is 4.90 Å². The molecule has 0 saturated carbocycles. The number of hydrogen-bond acceptors (Lipinski definition) is 7. The monoisotopic (exact) mass is 540 g/mol. The van der Waals surface area contributed by atoms with Crippen LogP contribution in [0.5, 0.6) is 11.5 Å². The van der Waals surface area contributed by atoms with Gasteiger partial charge in [0.2, 0.25) is 0 Å². The van der Waals surface area contributed by atoms with E-state index in [-0.39, 0.29) is 30.0 Å². The van der Waals surface area contributed by atoms with Crippen LogP contribution in [-0.2, 0) is 17.9 Å². The van der Waals surface area contributed by atoms with E-state index in [2.05, 4.69) is 0 Å². The topological polar surface area (TPSA) is 99.0 Å². The third kappa shape index (κ3) is 5.94. The summed E-state index contributed by atoms with van der Waals surface area (Å²) >= 11 is 0.906. The van der Waals surface area contributed by atoms with Crippen molar-refractivity contribution in [2.75, 3.05) is 6.61 Å². The number of nitrogens with zero attached hydrogens (tertiary/aromatic N) is 2.